The van der Waals surface area contributed by atoms with Crippen LogP contribution in [0.15, 0.2) is 42.5 Å². The van der Waals surface area contributed by atoms with Crippen molar-refractivity contribution < 1.29 is 23.9 Å². The van der Waals surface area contributed by atoms with Gasteiger partial charge in [-0.05, 0) is 37.1 Å². The van der Waals surface area contributed by atoms with E-state index in [0.717, 1.165) is 18.4 Å². The second-order valence-electron chi connectivity index (χ2n) is 7.62. The van der Waals surface area contributed by atoms with Gasteiger partial charge in [-0.25, -0.2) is 0 Å². The van der Waals surface area contributed by atoms with Gasteiger partial charge in [0, 0.05) is 18.2 Å². The first kappa shape index (κ1) is 20.7. The van der Waals surface area contributed by atoms with Crippen molar-refractivity contribution in [2.24, 2.45) is 0 Å². The van der Waals surface area contributed by atoms with Crippen molar-refractivity contribution in [3.8, 4) is 11.5 Å². The predicted molar refractivity (Wildman–Crippen MR) is 114 cm³/mol. The van der Waals surface area contributed by atoms with Gasteiger partial charge in [0.15, 0.2) is 0 Å². The summed E-state index contributed by atoms with van der Waals surface area (Å²) in [5.41, 5.74) is 1.73. The molecule has 31 heavy (non-hydrogen) atoms. The van der Waals surface area contributed by atoms with Crippen molar-refractivity contribution in [1.82, 2.24) is 10.2 Å². The Kier molecular flexibility index (Phi) is 5.79. The van der Waals surface area contributed by atoms with Crippen LogP contribution in [0.3, 0.4) is 0 Å². The molecule has 0 unspecified atom stereocenters. The molecule has 2 N–H and O–H groups in total. The zero-order valence-corrected chi connectivity index (χ0v) is 17.5. The number of hydrogen-bond donors (Lipinski definition) is 2. The smallest absolute Gasteiger partial charge is 0.254 e. The normalized spacial score (nSPS) is 20.4. The van der Waals surface area contributed by atoms with Crippen LogP contribution in [-0.2, 0) is 9.59 Å². The maximum atomic E-state index is 13.2. The second-order valence-corrected chi connectivity index (χ2v) is 7.62. The summed E-state index contributed by atoms with van der Waals surface area (Å²) in [5.74, 6) is 0.367. The molecule has 2 atom stereocenters. The Morgan fingerprint density at radius 2 is 1.94 bits per heavy atom. The summed E-state index contributed by atoms with van der Waals surface area (Å²) in [4.78, 5) is 40.2. The Morgan fingerprint density at radius 3 is 2.71 bits per heavy atom. The number of rotatable bonds is 5. The summed E-state index contributed by atoms with van der Waals surface area (Å²) in [6.07, 6.45) is 1.53. The van der Waals surface area contributed by atoms with E-state index < -0.39 is 11.9 Å². The lowest BCUT2D eigenvalue weighted by molar-refractivity contribution is -0.134. The number of carbonyl (C=O) groups excluding carboxylic acids is 3. The average molecular weight is 423 g/mol. The van der Waals surface area contributed by atoms with Gasteiger partial charge in [0.25, 0.3) is 5.91 Å². The standard InChI is InChI=1S/C23H25N3O5/c1-30-14-9-10-16(20(12-14)31-2)19-8-5-11-26(19)21(27)13-18-23(29)24-17-7-4-3-6-15(17)22(28)25-18/h3-4,6-7,9-10,12,18-19H,5,8,11,13H2,1-2H3,(H,24,29)(H,25,28)/t18-,19-/m1/s1. The molecule has 3 amide bonds. The molecule has 0 saturated carbocycles. The van der Waals surface area contributed by atoms with E-state index >= 15 is 0 Å². The molecule has 8 nitrogen and oxygen atoms in total. The van der Waals surface area contributed by atoms with Gasteiger partial charge < -0.3 is 25.0 Å². The van der Waals surface area contributed by atoms with E-state index in [1.165, 1.54) is 0 Å². The van der Waals surface area contributed by atoms with E-state index in [0.29, 0.717) is 29.3 Å². The Balaban J connectivity index is 1.52. The first-order valence-corrected chi connectivity index (χ1v) is 10.2. The summed E-state index contributed by atoms with van der Waals surface area (Å²) in [5, 5.41) is 5.44. The van der Waals surface area contributed by atoms with E-state index in [1.807, 2.05) is 12.1 Å². The van der Waals surface area contributed by atoms with Crippen molar-refractivity contribution in [1.29, 1.82) is 0 Å². The van der Waals surface area contributed by atoms with Gasteiger partial charge in [0.1, 0.15) is 17.5 Å². The van der Waals surface area contributed by atoms with Crippen LogP contribution in [0.1, 0.15) is 41.2 Å². The lowest BCUT2D eigenvalue weighted by atomic mass is 10.0. The topological polar surface area (TPSA) is 97.0 Å². The molecule has 2 aromatic rings. The van der Waals surface area contributed by atoms with Crippen molar-refractivity contribution in [2.45, 2.75) is 31.3 Å². The number of benzene rings is 2. The van der Waals surface area contributed by atoms with Crippen LogP contribution in [0.2, 0.25) is 0 Å². The van der Waals surface area contributed by atoms with Gasteiger partial charge in [-0.1, -0.05) is 12.1 Å². The third-order valence-electron chi connectivity index (χ3n) is 5.80. The zero-order valence-electron chi connectivity index (χ0n) is 17.5. The van der Waals surface area contributed by atoms with Crippen LogP contribution >= 0.6 is 0 Å². The molecule has 0 aliphatic carbocycles. The quantitative estimate of drug-likeness (QED) is 0.770. The number of hydrogen-bond acceptors (Lipinski definition) is 5. The number of para-hydroxylation sites is 1. The molecule has 2 aliphatic heterocycles. The fourth-order valence-electron chi connectivity index (χ4n) is 4.23. The van der Waals surface area contributed by atoms with E-state index in [2.05, 4.69) is 10.6 Å². The third kappa shape index (κ3) is 4.05. The first-order valence-electron chi connectivity index (χ1n) is 10.2. The highest BCUT2D eigenvalue weighted by Gasteiger charge is 2.36. The number of nitrogens with zero attached hydrogens (tertiary/aromatic N) is 1. The number of amides is 3. The number of ether oxygens (including phenoxy) is 2. The highest BCUT2D eigenvalue weighted by Crippen LogP contribution is 2.39. The van der Waals surface area contributed by atoms with E-state index in [1.54, 1.807) is 49.5 Å². The molecular weight excluding hydrogens is 398 g/mol. The molecule has 2 heterocycles. The van der Waals surface area contributed by atoms with E-state index in [9.17, 15) is 14.4 Å². The van der Waals surface area contributed by atoms with Crippen LogP contribution in [0.5, 0.6) is 11.5 Å². The van der Waals surface area contributed by atoms with Crippen molar-refractivity contribution >= 4 is 23.4 Å². The Morgan fingerprint density at radius 1 is 1.13 bits per heavy atom. The maximum absolute atomic E-state index is 13.2. The van der Waals surface area contributed by atoms with Gasteiger partial charge in [-0.15, -0.1) is 0 Å². The van der Waals surface area contributed by atoms with Crippen molar-refractivity contribution in [2.75, 3.05) is 26.1 Å². The number of methoxy groups -OCH3 is 2. The lowest BCUT2D eigenvalue weighted by Crippen LogP contribution is -2.45. The number of fused-ring (bicyclic) bond motifs is 1. The fourth-order valence-corrected chi connectivity index (χ4v) is 4.23. The molecule has 162 valence electrons. The fraction of sp³-hybridized carbons (Fsp3) is 0.348. The summed E-state index contributed by atoms with van der Waals surface area (Å²) in [6, 6.07) is 11.2. The van der Waals surface area contributed by atoms with Gasteiger partial charge in [0.05, 0.1) is 37.9 Å². The Labute approximate surface area is 180 Å². The summed E-state index contributed by atoms with van der Waals surface area (Å²) >= 11 is 0. The van der Waals surface area contributed by atoms with Crippen LogP contribution in [0.25, 0.3) is 0 Å². The van der Waals surface area contributed by atoms with Crippen molar-refractivity contribution in [3.05, 3.63) is 53.6 Å². The summed E-state index contributed by atoms with van der Waals surface area (Å²) < 4.78 is 10.8. The second kappa shape index (κ2) is 8.67. The van der Waals surface area contributed by atoms with E-state index in [4.69, 9.17) is 9.47 Å². The molecule has 1 fully saturated rings. The number of carbonyl (C=O) groups is 3. The summed E-state index contributed by atoms with van der Waals surface area (Å²) in [7, 11) is 3.17. The molecule has 4 rings (SSSR count). The average Bonchev–Trinajstić information content (AvgIpc) is 3.24. The SMILES string of the molecule is COc1ccc([C@H]2CCCN2C(=O)C[C@H]2NC(=O)c3ccccc3NC2=O)c(OC)c1. The molecule has 0 spiro atoms. The van der Waals surface area contributed by atoms with Gasteiger partial charge in [-0.3, -0.25) is 14.4 Å². The number of anilines is 1. The van der Waals surface area contributed by atoms with Crippen LogP contribution < -0.4 is 20.1 Å². The Bertz CT molecular complexity index is 1020. The number of likely N-dealkylation sites (tertiary alicyclic amines) is 1. The van der Waals surface area contributed by atoms with Crippen LogP contribution in [0.4, 0.5) is 5.69 Å². The largest absolute Gasteiger partial charge is 0.497 e. The van der Waals surface area contributed by atoms with Crippen molar-refractivity contribution in [3.63, 3.8) is 0 Å². The van der Waals surface area contributed by atoms with Crippen LogP contribution in [-0.4, -0.2) is 49.4 Å². The predicted octanol–water partition coefficient (Wildman–Crippen LogP) is 2.51. The molecule has 0 bridgehead atoms. The highest BCUT2D eigenvalue weighted by molar-refractivity contribution is 6.10. The molecule has 0 radical (unpaired) electrons. The molecule has 0 aromatic heterocycles. The third-order valence-corrected chi connectivity index (χ3v) is 5.80. The molecule has 2 aromatic carbocycles. The van der Waals surface area contributed by atoms with Crippen LogP contribution in [0, 0.1) is 0 Å². The zero-order chi connectivity index (χ0) is 22.0. The lowest BCUT2D eigenvalue weighted by Gasteiger charge is -2.28. The minimum absolute atomic E-state index is 0.111. The molecule has 2 aliphatic rings. The molecule has 8 heteroatoms. The van der Waals surface area contributed by atoms with Gasteiger partial charge >= 0.3 is 0 Å². The summed E-state index contributed by atoms with van der Waals surface area (Å²) in [6.45, 7) is 0.585. The molecular formula is C23H25N3O5. The van der Waals surface area contributed by atoms with Gasteiger partial charge in [-0.2, -0.15) is 0 Å². The highest BCUT2D eigenvalue weighted by atomic mass is 16.5. The monoisotopic (exact) mass is 423 g/mol. The first-order chi connectivity index (χ1) is 15.0. The minimum Gasteiger partial charge on any atom is -0.497 e. The van der Waals surface area contributed by atoms with E-state index in [-0.39, 0.29) is 24.3 Å². The Hall–Kier alpha value is -3.55. The molecule has 1 saturated heterocycles. The minimum atomic E-state index is -0.939. The maximum Gasteiger partial charge on any atom is 0.254 e. The number of nitrogens with one attached hydrogen (secondary N) is 2. The van der Waals surface area contributed by atoms with Gasteiger partial charge in [0.2, 0.25) is 11.8 Å².